The second-order valence-electron chi connectivity index (χ2n) is 5.54. The molecule has 0 fully saturated rings. The lowest BCUT2D eigenvalue weighted by Crippen LogP contribution is -2.31. The molecule has 0 saturated heterocycles. The highest BCUT2D eigenvalue weighted by Crippen LogP contribution is 2.36. The average Bonchev–Trinajstić information content (AvgIpc) is 2.57. The predicted molar refractivity (Wildman–Crippen MR) is 94.8 cm³/mol. The second kappa shape index (κ2) is 8.80. The molecule has 0 unspecified atom stereocenters. The summed E-state index contributed by atoms with van der Waals surface area (Å²) in [4.78, 5) is 11.8. The number of rotatable bonds is 6. The molecule has 0 aliphatic heterocycles. The highest BCUT2D eigenvalue weighted by Gasteiger charge is 2.34. The topological polar surface area (TPSA) is 50.4 Å². The summed E-state index contributed by atoms with van der Waals surface area (Å²) in [6, 6.07) is 9.97. The van der Waals surface area contributed by atoms with E-state index in [1.165, 1.54) is 6.07 Å². The van der Waals surface area contributed by atoms with Gasteiger partial charge >= 0.3 is 12.2 Å². The first-order valence-corrected chi connectivity index (χ1v) is 8.25. The van der Waals surface area contributed by atoms with Crippen LogP contribution in [0.3, 0.4) is 0 Å². The number of hydrogen-bond acceptors (Lipinski definition) is 2. The van der Waals surface area contributed by atoms with E-state index in [2.05, 4.69) is 10.6 Å². The fourth-order valence-corrected chi connectivity index (χ4v) is 2.37. The van der Waals surface area contributed by atoms with Crippen molar-refractivity contribution in [2.45, 2.75) is 19.5 Å². The smallest absolute Gasteiger partial charge is 0.418 e. The van der Waals surface area contributed by atoms with Crippen LogP contribution in [0.4, 0.5) is 23.7 Å². The fourth-order valence-electron chi connectivity index (χ4n) is 2.20. The number of urea groups is 1. The number of benzene rings is 2. The van der Waals surface area contributed by atoms with E-state index < -0.39 is 17.8 Å². The molecule has 0 saturated carbocycles. The first-order chi connectivity index (χ1) is 12.3. The molecule has 2 amide bonds. The number of amides is 2. The van der Waals surface area contributed by atoms with E-state index in [9.17, 15) is 18.0 Å². The SMILES string of the molecule is Cc1ccccc1OCCCNC(=O)Nc1ccc(Cl)cc1C(F)(F)F. The van der Waals surface area contributed by atoms with Crippen molar-refractivity contribution >= 4 is 23.3 Å². The van der Waals surface area contributed by atoms with Crippen molar-refractivity contribution in [3.63, 3.8) is 0 Å². The summed E-state index contributed by atoms with van der Waals surface area (Å²) in [7, 11) is 0. The number of para-hydroxylation sites is 1. The van der Waals surface area contributed by atoms with Gasteiger partial charge in [-0.25, -0.2) is 4.79 Å². The van der Waals surface area contributed by atoms with Gasteiger partial charge in [-0.3, -0.25) is 0 Å². The zero-order chi connectivity index (χ0) is 19.2. The molecule has 0 aliphatic rings. The molecule has 2 N–H and O–H groups in total. The summed E-state index contributed by atoms with van der Waals surface area (Å²) >= 11 is 5.60. The summed E-state index contributed by atoms with van der Waals surface area (Å²) in [5.41, 5.74) is -0.348. The zero-order valence-corrected chi connectivity index (χ0v) is 14.7. The van der Waals surface area contributed by atoms with Crippen molar-refractivity contribution in [2.24, 2.45) is 0 Å². The number of anilines is 1. The Balaban J connectivity index is 1.80. The molecule has 0 spiro atoms. The molecule has 0 aromatic heterocycles. The van der Waals surface area contributed by atoms with Crippen LogP contribution in [-0.4, -0.2) is 19.2 Å². The van der Waals surface area contributed by atoms with Gasteiger partial charge in [-0.05, 0) is 43.2 Å². The standard InChI is InChI=1S/C18H18ClF3N2O2/c1-12-5-2-3-6-16(12)26-10-4-9-23-17(25)24-15-8-7-13(19)11-14(15)18(20,21)22/h2-3,5-8,11H,4,9-10H2,1H3,(H2,23,24,25). The van der Waals surface area contributed by atoms with Gasteiger partial charge in [0.05, 0.1) is 17.9 Å². The van der Waals surface area contributed by atoms with Crippen molar-refractivity contribution in [1.82, 2.24) is 5.32 Å². The third kappa shape index (κ3) is 5.84. The van der Waals surface area contributed by atoms with Gasteiger partial charge in [-0.2, -0.15) is 13.2 Å². The summed E-state index contributed by atoms with van der Waals surface area (Å²) in [6.07, 6.45) is -4.11. The minimum Gasteiger partial charge on any atom is -0.493 e. The number of ether oxygens (including phenoxy) is 1. The lowest BCUT2D eigenvalue weighted by atomic mass is 10.1. The maximum absolute atomic E-state index is 13.0. The minimum absolute atomic E-state index is 0.0587. The number of nitrogens with one attached hydrogen (secondary N) is 2. The molecule has 2 rings (SSSR count). The highest BCUT2D eigenvalue weighted by molar-refractivity contribution is 6.30. The third-order valence-corrected chi connectivity index (χ3v) is 3.73. The Kier molecular flexibility index (Phi) is 6.74. The van der Waals surface area contributed by atoms with Gasteiger partial charge in [-0.1, -0.05) is 29.8 Å². The van der Waals surface area contributed by atoms with Crippen LogP contribution < -0.4 is 15.4 Å². The molecule has 0 heterocycles. The first-order valence-electron chi connectivity index (χ1n) is 7.87. The normalized spacial score (nSPS) is 11.1. The Morgan fingerprint density at radius 3 is 2.62 bits per heavy atom. The molecule has 0 radical (unpaired) electrons. The number of alkyl halides is 3. The van der Waals surface area contributed by atoms with Crippen LogP contribution in [-0.2, 0) is 6.18 Å². The maximum Gasteiger partial charge on any atom is 0.418 e. The van der Waals surface area contributed by atoms with Gasteiger partial charge < -0.3 is 15.4 Å². The Morgan fingerprint density at radius 2 is 1.92 bits per heavy atom. The summed E-state index contributed by atoms with van der Waals surface area (Å²) in [6.45, 7) is 2.55. The first kappa shape index (κ1) is 19.9. The molecule has 26 heavy (non-hydrogen) atoms. The van der Waals surface area contributed by atoms with Gasteiger partial charge in [0.15, 0.2) is 0 Å². The second-order valence-corrected chi connectivity index (χ2v) is 5.97. The van der Waals surface area contributed by atoms with Gasteiger partial charge in [0, 0.05) is 11.6 Å². The molecule has 4 nitrogen and oxygen atoms in total. The van der Waals surface area contributed by atoms with Crippen LogP contribution in [0.2, 0.25) is 5.02 Å². The van der Waals surface area contributed by atoms with Gasteiger partial charge in [0.2, 0.25) is 0 Å². The zero-order valence-electron chi connectivity index (χ0n) is 14.0. The molecule has 0 atom stereocenters. The van der Waals surface area contributed by atoms with E-state index in [0.29, 0.717) is 13.0 Å². The van der Waals surface area contributed by atoms with Crippen LogP contribution in [0.15, 0.2) is 42.5 Å². The number of hydrogen-bond donors (Lipinski definition) is 2. The van der Waals surface area contributed by atoms with E-state index in [1.54, 1.807) is 0 Å². The monoisotopic (exact) mass is 386 g/mol. The van der Waals surface area contributed by atoms with Gasteiger partial charge in [-0.15, -0.1) is 0 Å². The Bertz CT molecular complexity index is 766. The fraction of sp³-hybridized carbons (Fsp3) is 0.278. The van der Waals surface area contributed by atoms with Crippen LogP contribution in [0.5, 0.6) is 5.75 Å². The maximum atomic E-state index is 13.0. The van der Waals surface area contributed by atoms with Crippen LogP contribution in [0.25, 0.3) is 0 Å². The van der Waals surface area contributed by atoms with Crippen LogP contribution in [0.1, 0.15) is 17.5 Å². The van der Waals surface area contributed by atoms with E-state index in [1.807, 2.05) is 31.2 Å². The van der Waals surface area contributed by atoms with Crippen molar-refractivity contribution in [2.75, 3.05) is 18.5 Å². The summed E-state index contributed by atoms with van der Waals surface area (Å²) in [5.74, 6) is 0.757. The lowest BCUT2D eigenvalue weighted by molar-refractivity contribution is -0.136. The Morgan fingerprint density at radius 1 is 1.19 bits per heavy atom. The van der Waals surface area contributed by atoms with Gasteiger partial charge in [0.1, 0.15) is 5.75 Å². The molecular weight excluding hydrogens is 369 g/mol. The predicted octanol–water partition coefficient (Wildman–Crippen LogP) is 5.26. The van der Waals surface area contributed by atoms with E-state index in [0.717, 1.165) is 23.4 Å². The number of carbonyl (C=O) groups is 1. The molecule has 0 aliphatic carbocycles. The van der Waals surface area contributed by atoms with Crippen molar-refractivity contribution < 1.29 is 22.7 Å². The van der Waals surface area contributed by atoms with Crippen LogP contribution in [0, 0.1) is 6.92 Å². The number of aryl methyl sites for hydroxylation is 1. The molecular formula is C18H18ClF3N2O2. The Hall–Kier alpha value is -2.41. The van der Waals surface area contributed by atoms with E-state index >= 15 is 0 Å². The lowest BCUT2D eigenvalue weighted by Gasteiger charge is -2.14. The van der Waals surface area contributed by atoms with Crippen LogP contribution >= 0.6 is 11.6 Å². The molecule has 2 aromatic carbocycles. The Labute approximate surface area is 154 Å². The highest BCUT2D eigenvalue weighted by atomic mass is 35.5. The quantitative estimate of drug-likeness (QED) is 0.665. The van der Waals surface area contributed by atoms with Crippen molar-refractivity contribution in [3.8, 4) is 5.75 Å². The van der Waals surface area contributed by atoms with E-state index in [-0.39, 0.29) is 17.3 Å². The average molecular weight is 387 g/mol. The molecule has 140 valence electrons. The molecule has 0 bridgehead atoms. The molecule has 2 aromatic rings. The van der Waals surface area contributed by atoms with Crippen molar-refractivity contribution in [3.05, 3.63) is 58.6 Å². The van der Waals surface area contributed by atoms with Crippen molar-refractivity contribution in [1.29, 1.82) is 0 Å². The minimum atomic E-state index is -4.62. The summed E-state index contributed by atoms with van der Waals surface area (Å²) < 4.78 is 44.5. The molecule has 8 heteroatoms. The largest absolute Gasteiger partial charge is 0.493 e. The number of carbonyl (C=O) groups excluding carboxylic acids is 1. The third-order valence-electron chi connectivity index (χ3n) is 3.49. The number of halogens is 4. The van der Waals surface area contributed by atoms with E-state index in [4.69, 9.17) is 16.3 Å². The van der Waals surface area contributed by atoms with Gasteiger partial charge in [0.25, 0.3) is 0 Å². The summed E-state index contributed by atoms with van der Waals surface area (Å²) in [5, 5.41) is 4.63.